The molecule has 25 heavy (non-hydrogen) atoms. The van der Waals surface area contributed by atoms with E-state index in [9.17, 15) is 10.1 Å². The van der Waals surface area contributed by atoms with Crippen LogP contribution in [0.15, 0.2) is 48.7 Å². The average Bonchev–Trinajstić information content (AvgIpc) is 2.59. The molecule has 0 unspecified atom stereocenters. The van der Waals surface area contributed by atoms with Crippen molar-refractivity contribution in [3.05, 3.63) is 78.9 Å². The SMILES string of the molecule is O=[N+]([O-])c1cnc(-c2cccc(Cl)c2Cl)c(-c2cccc(Cl)c2Cl)c1. The largest absolute Gasteiger partial charge is 0.288 e. The predicted octanol–water partition coefficient (Wildman–Crippen LogP) is 6.94. The average molecular weight is 414 g/mol. The van der Waals surface area contributed by atoms with Gasteiger partial charge in [-0.3, -0.25) is 10.1 Å². The summed E-state index contributed by atoms with van der Waals surface area (Å²) in [5.74, 6) is 0. The second-order valence-electron chi connectivity index (χ2n) is 5.05. The van der Waals surface area contributed by atoms with Gasteiger partial charge in [-0.2, -0.15) is 0 Å². The third kappa shape index (κ3) is 3.44. The molecule has 0 aliphatic rings. The van der Waals surface area contributed by atoms with Gasteiger partial charge in [0.15, 0.2) is 0 Å². The van der Waals surface area contributed by atoms with Gasteiger partial charge >= 0.3 is 0 Å². The zero-order valence-corrected chi connectivity index (χ0v) is 15.4. The van der Waals surface area contributed by atoms with Gasteiger partial charge in [0.25, 0.3) is 5.69 Å². The number of aromatic nitrogens is 1. The molecule has 0 aliphatic carbocycles. The highest BCUT2D eigenvalue weighted by molar-refractivity contribution is 6.44. The lowest BCUT2D eigenvalue weighted by molar-refractivity contribution is -0.385. The molecule has 0 aliphatic heterocycles. The number of pyridine rings is 1. The first-order chi connectivity index (χ1) is 11.9. The van der Waals surface area contributed by atoms with Crippen LogP contribution in [0.1, 0.15) is 0 Å². The molecule has 0 radical (unpaired) electrons. The second-order valence-corrected chi connectivity index (χ2v) is 6.62. The van der Waals surface area contributed by atoms with Gasteiger partial charge in [-0.15, -0.1) is 0 Å². The lowest BCUT2D eigenvalue weighted by Gasteiger charge is -2.13. The molecule has 0 saturated heterocycles. The van der Waals surface area contributed by atoms with Crippen molar-refractivity contribution in [2.24, 2.45) is 0 Å². The number of nitro groups is 1. The van der Waals surface area contributed by atoms with Crippen molar-refractivity contribution in [2.45, 2.75) is 0 Å². The minimum absolute atomic E-state index is 0.173. The summed E-state index contributed by atoms with van der Waals surface area (Å²) in [6, 6.07) is 11.5. The van der Waals surface area contributed by atoms with E-state index in [1.54, 1.807) is 36.4 Å². The Labute approximate surface area is 163 Å². The van der Waals surface area contributed by atoms with E-state index in [4.69, 9.17) is 46.4 Å². The fraction of sp³-hybridized carbons (Fsp3) is 0. The summed E-state index contributed by atoms with van der Waals surface area (Å²) in [6.45, 7) is 0. The van der Waals surface area contributed by atoms with Crippen LogP contribution in [0.4, 0.5) is 5.69 Å². The normalized spacial score (nSPS) is 10.7. The fourth-order valence-corrected chi connectivity index (χ4v) is 3.16. The van der Waals surface area contributed by atoms with Crippen molar-refractivity contribution >= 4 is 52.1 Å². The van der Waals surface area contributed by atoms with Crippen molar-refractivity contribution in [2.75, 3.05) is 0 Å². The summed E-state index contributed by atoms with van der Waals surface area (Å²) < 4.78 is 0. The standard InChI is InChI=1S/C17H8Cl4N2O2/c18-13-5-1-3-10(15(13)20)12-7-9(23(24)25)8-22-17(12)11-4-2-6-14(19)16(11)21/h1-8H. The number of hydrogen-bond donors (Lipinski definition) is 0. The van der Waals surface area contributed by atoms with Crippen molar-refractivity contribution < 1.29 is 4.92 Å². The van der Waals surface area contributed by atoms with Crippen molar-refractivity contribution in [3.8, 4) is 22.4 Å². The van der Waals surface area contributed by atoms with Gasteiger partial charge in [-0.05, 0) is 12.1 Å². The zero-order valence-electron chi connectivity index (χ0n) is 12.3. The predicted molar refractivity (Wildman–Crippen MR) is 102 cm³/mol. The van der Waals surface area contributed by atoms with Crippen molar-refractivity contribution in [3.63, 3.8) is 0 Å². The third-order valence-corrected chi connectivity index (χ3v) is 5.17. The van der Waals surface area contributed by atoms with Crippen LogP contribution in [-0.2, 0) is 0 Å². The molecule has 3 rings (SSSR count). The number of nitrogens with zero attached hydrogens (tertiary/aromatic N) is 2. The number of halogens is 4. The molecule has 3 aromatic rings. The molecule has 0 saturated carbocycles. The zero-order chi connectivity index (χ0) is 18.1. The molecule has 2 aromatic carbocycles. The number of benzene rings is 2. The molecule has 0 N–H and O–H groups in total. The van der Waals surface area contributed by atoms with Crippen LogP contribution < -0.4 is 0 Å². The van der Waals surface area contributed by atoms with Gasteiger partial charge in [-0.1, -0.05) is 70.7 Å². The molecule has 0 bridgehead atoms. The van der Waals surface area contributed by atoms with E-state index in [2.05, 4.69) is 4.98 Å². The molecule has 0 fully saturated rings. The van der Waals surface area contributed by atoms with Gasteiger partial charge < -0.3 is 0 Å². The lowest BCUT2D eigenvalue weighted by Crippen LogP contribution is -1.96. The molecule has 126 valence electrons. The minimum Gasteiger partial charge on any atom is -0.258 e. The Balaban J connectivity index is 2.35. The maximum Gasteiger partial charge on any atom is 0.288 e. The number of rotatable bonds is 3. The Morgan fingerprint density at radius 3 is 2.00 bits per heavy atom. The summed E-state index contributed by atoms with van der Waals surface area (Å²) in [6.07, 6.45) is 1.16. The quantitative estimate of drug-likeness (QED) is 0.345. The van der Waals surface area contributed by atoms with E-state index in [0.717, 1.165) is 6.20 Å². The van der Waals surface area contributed by atoms with E-state index in [-0.39, 0.29) is 10.7 Å². The van der Waals surface area contributed by atoms with Crippen LogP contribution >= 0.6 is 46.4 Å². The van der Waals surface area contributed by atoms with Crippen LogP contribution in [0.5, 0.6) is 0 Å². The first kappa shape index (κ1) is 18.0. The maximum absolute atomic E-state index is 11.2. The maximum atomic E-state index is 11.2. The highest BCUT2D eigenvalue weighted by atomic mass is 35.5. The van der Waals surface area contributed by atoms with Crippen molar-refractivity contribution in [1.29, 1.82) is 0 Å². The van der Waals surface area contributed by atoms with Gasteiger partial charge in [0.1, 0.15) is 6.20 Å². The first-order valence-corrected chi connectivity index (χ1v) is 8.44. The Bertz CT molecular complexity index is 992. The summed E-state index contributed by atoms with van der Waals surface area (Å²) in [5, 5.41) is 12.4. The van der Waals surface area contributed by atoms with Crippen LogP contribution in [0, 0.1) is 10.1 Å². The molecule has 1 heterocycles. The van der Waals surface area contributed by atoms with E-state index in [0.29, 0.717) is 37.5 Å². The summed E-state index contributed by atoms with van der Waals surface area (Å²) in [7, 11) is 0. The smallest absolute Gasteiger partial charge is 0.258 e. The van der Waals surface area contributed by atoms with Crippen LogP contribution in [0.3, 0.4) is 0 Å². The fourth-order valence-electron chi connectivity index (χ4n) is 2.37. The van der Waals surface area contributed by atoms with E-state index < -0.39 is 4.92 Å². The van der Waals surface area contributed by atoms with Crippen LogP contribution in [0.25, 0.3) is 22.4 Å². The number of hydrogen-bond acceptors (Lipinski definition) is 3. The van der Waals surface area contributed by atoms with Crippen LogP contribution in [0.2, 0.25) is 20.1 Å². The van der Waals surface area contributed by atoms with Gasteiger partial charge in [0, 0.05) is 22.8 Å². The Kier molecular flexibility index (Phi) is 5.16. The molecule has 0 spiro atoms. The van der Waals surface area contributed by atoms with E-state index in [1.165, 1.54) is 6.07 Å². The van der Waals surface area contributed by atoms with Crippen LogP contribution in [-0.4, -0.2) is 9.91 Å². The molecule has 0 amide bonds. The first-order valence-electron chi connectivity index (χ1n) is 6.93. The van der Waals surface area contributed by atoms with E-state index in [1.807, 2.05) is 0 Å². The third-order valence-electron chi connectivity index (χ3n) is 3.53. The summed E-state index contributed by atoms with van der Waals surface area (Å²) >= 11 is 24.8. The van der Waals surface area contributed by atoms with Gasteiger partial charge in [0.05, 0.1) is 30.7 Å². The highest BCUT2D eigenvalue weighted by Gasteiger charge is 2.20. The minimum atomic E-state index is -0.529. The molecule has 4 nitrogen and oxygen atoms in total. The molecule has 8 heteroatoms. The Morgan fingerprint density at radius 2 is 1.40 bits per heavy atom. The highest BCUT2D eigenvalue weighted by Crippen LogP contribution is 2.42. The Hall–Kier alpha value is -1.85. The Morgan fingerprint density at radius 1 is 0.840 bits per heavy atom. The van der Waals surface area contributed by atoms with Gasteiger partial charge in [0.2, 0.25) is 0 Å². The molecule has 1 aromatic heterocycles. The topological polar surface area (TPSA) is 56.0 Å². The second kappa shape index (κ2) is 7.18. The lowest BCUT2D eigenvalue weighted by atomic mass is 9.99. The van der Waals surface area contributed by atoms with Gasteiger partial charge in [-0.25, -0.2) is 4.98 Å². The monoisotopic (exact) mass is 412 g/mol. The summed E-state index contributed by atoms with van der Waals surface area (Å²) in [4.78, 5) is 14.9. The van der Waals surface area contributed by atoms with E-state index >= 15 is 0 Å². The molecular weight excluding hydrogens is 406 g/mol. The van der Waals surface area contributed by atoms with Crippen molar-refractivity contribution in [1.82, 2.24) is 4.98 Å². The molecule has 0 atom stereocenters. The molecular formula is C17H8Cl4N2O2. The summed E-state index contributed by atoms with van der Waals surface area (Å²) in [5.41, 5.74) is 1.73.